The first kappa shape index (κ1) is 27.9. The lowest BCUT2D eigenvalue weighted by Crippen LogP contribution is -2.31. The summed E-state index contributed by atoms with van der Waals surface area (Å²) in [5.74, 6) is 0.187. The summed E-state index contributed by atoms with van der Waals surface area (Å²) in [6.07, 6.45) is -0.0947. The van der Waals surface area contributed by atoms with E-state index in [1.807, 2.05) is 80.6 Å². The number of rotatable bonds is 9. The molecule has 1 aromatic heterocycles. The Bertz CT molecular complexity index is 1440. The number of aromatic nitrogens is 1. The summed E-state index contributed by atoms with van der Waals surface area (Å²) < 4.78 is 16.1. The van der Waals surface area contributed by atoms with Crippen molar-refractivity contribution in [2.45, 2.75) is 39.5 Å². The summed E-state index contributed by atoms with van der Waals surface area (Å²) >= 11 is 6.17. The van der Waals surface area contributed by atoms with Crippen LogP contribution in [0.15, 0.2) is 77.3 Å². The van der Waals surface area contributed by atoms with Gasteiger partial charge in [-0.25, -0.2) is 4.79 Å². The number of carbonyl (C=O) groups excluding carboxylic acids is 2. The molecule has 0 spiro atoms. The predicted octanol–water partition coefficient (Wildman–Crippen LogP) is 7.60. The lowest BCUT2D eigenvalue weighted by atomic mass is 9.84. The zero-order valence-corrected chi connectivity index (χ0v) is 23.2. The van der Waals surface area contributed by atoms with Crippen LogP contribution in [0.5, 0.6) is 0 Å². The third-order valence-corrected chi connectivity index (χ3v) is 6.89. The predicted molar refractivity (Wildman–Crippen MR) is 152 cm³/mol. The van der Waals surface area contributed by atoms with E-state index in [4.69, 9.17) is 25.6 Å². The second-order valence-electron chi connectivity index (χ2n) is 9.57. The van der Waals surface area contributed by atoms with Gasteiger partial charge in [0.2, 0.25) is 0 Å². The molecule has 0 aliphatic heterocycles. The molecule has 0 saturated heterocycles. The molecule has 0 saturated carbocycles. The Morgan fingerprint density at radius 3 is 2.18 bits per heavy atom. The highest BCUT2D eigenvalue weighted by Gasteiger charge is 2.31. The van der Waals surface area contributed by atoms with Gasteiger partial charge in [0.1, 0.15) is 11.4 Å². The zero-order valence-electron chi connectivity index (χ0n) is 22.4. The normalized spacial score (nSPS) is 11.2. The fraction of sp³-hybridized carbons (Fsp3) is 0.258. The van der Waals surface area contributed by atoms with Crippen LogP contribution in [0.1, 0.15) is 37.6 Å². The van der Waals surface area contributed by atoms with Crippen LogP contribution in [0.4, 0.5) is 10.5 Å². The molecule has 4 rings (SSSR count). The molecule has 0 atom stereocenters. The fourth-order valence-electron chi connectivity index (χ4n) is 4.13. The first-order valence-corrected chi connectivity index (χ1v) is 13.1. The van der Waals surface area contributed by atoms with Crippen molar-refractivity contribution in [3.63, 3.8) is 0 Å². The zero-order chi connectivity index (χ0) is 28.0. The highest BCUT2D eigenvalue weighted by Crippen LogP contribution is 2.33. The minimum atomic E-state index is -0.734. The number of carbonyl (C=O) groups is 2. The van der Waals surface area contributed by atoms with Gasteiger partial charge >= 0.3 is 12.1 Å². The van der Waals surface area contributed by atoms with Crippen molar-refractivity contribution >= 4 is 29.4 Å². The molecule has 202 valence electrons. The number of anilines is 1. The van der Waals surface area contributed by atoms with E-state index in [2.05, 4.69) is 10.5 Å². The first-order chi connectivity index (χ1) is 18.7. The molecule has 0 aliphatic rings. The number of amides is 1. The summed E-state index contributed by atoms with van der Waals surface area (Å²) in [4.78, 5) is 24.8. The molecule has 0 unspecified atom stereocenters. The molecule has 0 bridgehead atoms. The Hall–Kier alpha value is -4.10. The largest absolute Gasteiger partial charge is 0.465 e. The van der Waals surface area contributed by atoms with Crippen molar-refractivity contribution in [2.24, 2.45) is 0 Å². The Balaban J connectivity index is 1.43. The van der Waals surface area contributed by atoms with Crippen LogP contribution in [0.25, 0.3) is 22.5 Å². The SMILES string of the molecule is CCOC(=O)C(C)(C)c1ccc(-c2ccc(-c3onc(C)c3NC(=O)OCCc3ccccc3Cl)cc2)cc1. The van der Waals surface area contributed by atoms with Crippen LogP contribution >= 0.6 is 11.6 Å². The van der Waals surface area contributed by atoms with Crippen molar-refractivity contribution in [3.05, 3.63) is 94.6 Å². The summed E-state index contributed by atoms with van der Waals surface area (Å²) in [6.45, 7) is 7.79. The average molecular weight is 547 g/mol. The Kier molecular flexibility index (Phi) is 8.72. The van der Waals surface area contributed by atoms with E-state index in [-0.39, 0.29) is 12.6 Å². The number of aryl methyl sites for hydroxylation is 1. The number of benzene rings is 3. The molecule has 1 heterocycles. The van der Waals surface area contributed by atoms with Crippen LogP contribution < -0.4 is 5.32 Å². The second kappa shape index (κ2) is 12.2. The van der Waals surface area contributed by atoms with Gasteiger partial charge < -0.3 is 14.0 Å². The summed E-state index contributed by atoms with van der Waals surface area (Å²) in [6, 6.07) is 23.0. The van der Waals surface area contributed by atoms with Crippen molar-refractivity contribution in [2.75, 3.05) is 18.5 Å². The molecule has 39 heavy (non-hydrogen) atoms. The minimum absolute atomic E-state index is 0.180. The lowest BCUT2D eigenvalue weighted by Gasteiger charge is -2.23. The topological polar surface area (TPSA) is 90.7 Å². The lowest BCUT2D eigenvalue weighted by molar-refractivity contribution is -0.148. The molecule has 3 aromatic carbocycles. The molecule has 8 heteroatoms. The summed E-state index contributed by atoms with van der Waals surface area (Å²) in [5.41, 5.74) is 4.79. The molecular weight excluding hydrogens is 516 g/mol. The molecule has 1 amide bonds. The van der Waals surface area contributed by atoms with Gasteiger partial charge in [-0.1, -0.05) is 83.5 Å². The number of halogens is 1. The first-order valence-electron chi connectivity index (χ1n) is 12.7. The average Bonchev–Trinajstić information content (AvgIpc) is 3.29. The standard InChI is InChI=1S/C31H31ClN2O5/c1-5-37-29(35)31(3,4)25-16-14-22(15-17-25)21-10-12-24(13-11-21)28-27(20(2)34-39-28)33-30(36)38-19-18-23-8-6-7-9-26(23)32/h6-17H,5,18-19H2,1-4H3,(H,33,36). The maximum absolute atomic E-state index is 12.5. The van der Waals surface area contributed by atoms with Crippen molar-refractivity contribution in [3.8, 4) is 22.5 Å². The second-order valence-corrected chi connectivity index (χ2v) is 9.98. The van der Waals surface area contributed by atoms with Gasteiger partial charge in [0.25, 0.3) is 0 Å². The van der Waals surface area contributed by atoms with E-state index in [0.717, 1.165) is 27.8 Å². The van der Waals surface area contributed by atoms with Crippen LogP contribution in [0, 0.1) is 6.92 Å². The van der Waals surface area contributed by atoms with Crippen LogP contribution in [0.2, 0.25) is 5.02 Å². The molecule has 1 N–H and O–H groups in total. The van der Waals surface area contributed by atoms with Crippen molar-refractivity contribution < 1.29 is 23.6 Å². The maximum atomic E-state index is 12.5. The Morgan fingerprint density at radius 1 is 0.923 bits per heavy atom. The van der Waals surface area contributed by atoms with Gasteiger partial charge in [0, 0.05) is 17.0 Å². The molecule has 4 aromatic rings. The molecule has 0 fully saturated rings. The Morgan fingerprint density at radius 2 is 1.54 bits per heavy atom. The van der Waals surface area contributed by atoms with E-state index in [1.165, 1.54) is 0 Å². The molecular formula is C31H31ClN2O5. The monoisotopic (exact) mass is 546 g/mol. The quantitative estimate of drug-likeness (QED) is 0.217. The van der Waals surface area contributed by atoms with E-state index >= 15 is 0 Å². The van der Waals surface area contributed by atoms with Crippen LogP contribution in [-0.4, -0.2) is 30.4 Å². The number of nitrogens with one attached hydrogen (secondary N) is 1. The molecule has 0 aliphatic carbocycles. The Labute approximate surface area is 233 Å². The van der Waals surface area contributed by atoms with Gasteiger partial charge in [-0.2, -0.15) is 0 Å². The highest BCUT2D eigenvalue weighted by molar-refractivity contribution is 6.31. The van der Waals surface area contributed by atoms with Crippen LogP contribution in [0.3, 0.4) is 0 Å². The van der Waals surface area contributed by atoms with E-state index in [9.17, 15) is 9.59 Å². The van der Waals surface area contributed by atoms with Gasteiger partial charge in [0.05, 0.1) is 18.6 Å². The maximum Gasteiger partial charge on any atom is 0.411 e. The number of hydrogen-bond donors (Lipinski definition) is 1. The number of nitrogens with zero attached hydrogens (tertiary/aromatic N) is 1. The number of esters is 1. The summed E-state index contributed by atoms with van der Waals surface area (Å²) in [5, 5.41) is 7.42. The van der Waals surface area contributed by atoms with E-state index < -0.39 is 11.5 Å². The molecule has 7 nitrogen and oxygen atoms in total. The van der Waals surface area contributed by atoms with Gasteiger partial charge in [-0.05, 0) is 56.0 Å². The van der Waals surface area contributed by atoms with Gasteiger partial charge in [-0.3, -0.25) is 10.1 Å². The highest BCUT2D eigenvalue weighted by atomic mass is 35.5. The fourth-order valence-corrected chi connectivity index (χ4v) is 4.36. The van der Waals surface area contributed by atoms with E-state index in [1.54, 1.807) is 19.9 Å². The number of hydrogen-bond acceptors (Lipinski definition) is 6. The van der Waals surface area contributed by atoms with Gasteiger partial charge in [-0.15, -0.1) is 0 Å². The van der Waals surface area contributed by atoms with Crippen molar-refractivity contribution in [1.82, 2.24) is 5.16 Å². The summed E-state index contributed by atoms with van der Waals surface area (Å²) in [7, 11) is 0. The van der Waals surface area contributed by atoms with E-state index in [0.29, 0.717) is 35.2 Å². The third kappa shape index (κ3) is 6.49. The number of ether oxygens (including phenoxy) is 2. The smallest absolute Gasteiger partial charge is 0.411 e. The molecule has 0 radical (unpaired) electrons. The minimum Gasteiger partial charge on any atom is -0.465 e. The van der Waals surface area contributed by atoms with Gasteiger partial charge in [0.15, 0.2) is 5.76 Å². The third-order valence-electron chi connectivity index (χ3n) is 6.52. The van der Waals surface area contributed by atoms with Crippen molar-refractivity contribution in [1.29, 1.82) is 0 Å². The van der Waals surface area contributed by atoms with Crippen LogP contribution in [-0.2, 0) is 26.1 Å².